The van der Waals surface area contributed by atoms with E-state index in [2.05, 4.69) is 9.64 Å². The molecule has 1 aromatic heterocycles. The maximum Gasteiger partial charge on any atom is 0.414 e. The number of methoxy groups -OCH3 is 1. The molecule has 15 heteroatoms. The van der Waals surface area contributed by atoms with Crippen molar-refractivity contribution < 1.29 is 46.4 Å². The van der Waals surface area contributed by atoms with Crippen LogP contribution in [-0.2, 0) is 22.4 Å². The Bertz CT molecular complexity index is 1910. The fraction of sp³-hybridized carbons (Fsp3) is 0.324. The van der Waals surface area contributed by atoms with E-state index in [9.17, 15) is 28.0 Å². The fourth-order valence-electron chi connectivity index (χ4n) is 6.54. The minimum Gasteiger partial charge on any atom is -0.619 e. The Kier molecular flexibility index (Phi) is 11.6. The number of benzene rings is 3. The van der Waals surface area contributed by atoms with E-state index in [1.807, 2.05) is 0 Å². The summed E-state index contributed by atoms with van der Waals surface area (Å²) in [4.78, 5) is 31.0. The van der Waals surface area contributed by atoms with Gasteiger partial charge in [-0.05, 0) is 85.4 Å². The number of rotatable bonds is 12. The van der Waals surface area contributed by atoms with Gasteiger partial charge < -0.3 is 24.2 Å². The van der Waals surface area contributed by atoms with Gasteiger partial charge in [-0.2, -0.15) is 13.5 Å². The highest BCUT2D eigenvalue weighted by Gasteiger charge is 2.37. The fourth-order valence-corrected chi connectivity index (χ4v) is 7.13. The molecule has 10 nitrogen and oxygen atoms in total. The first kappa shape index (κ1) is 37.1. The van der Waals surface area contributed by atoms with Gasteiger partial charge in [0.2, 0.25) is 0 Å². The largest absolute Gasteiger partial charge is 0.619 e. The van der Waals surface area contributed by atoms with Crippen LogP contribution in [0.5, 0.6) is 11.5 Å². The number of amides is 1. The number of carbonyl (C=O) groups is 2. The van der Waals surface area contributed by atoms with Gasteiger partial charge in [-0.1, -0.05) is 47.5 Å². The molecule has 4 heterocycles. The van der Waals surface area contributed by atoms with Crippen molar-refractivity contribution in [1.29, 1.82) is 0 Å². The van der Waals surface area contributed by atoms with Gasteiger partial charge in [0.15, 0.2) is 23.9 Å². The molecule has 2 atom stereocenters. The van der Waals surface area contributed by atoms with Crippen molar-refractivity contribution >= 4 is 41.0 Å². The van der Waals surface area contributed by atoms with Crippen molar-refractivity contribution in [3.05, 3.63) is 122 Å². The summed E-state index contributed by atoms with van der Waals surface area (Å²) < 4.78 is 62.6. The van der Waals surface area contributed by atoms with Crippen LogP contribution in [0.2, 0.25) is 10.0 Å². The van der Waals surface area contributed by atoms with Gasteiger partial charge in [0.05, 0.1) is 24.9 Å². The second-order valence-electron chi connectivity index (χ2n) is 12.5. The van der Waals surface area contributed by atoms with Crippen LogP contribution in [0.25, 0.3) is 0 Å². The van der Waals surface area contributed by atoms with Crippen molar-refractivity contribution in [3.63, 3.8) is 0 Å². The lowest BCUT2D eigenvalue weighted by molar-refractivity contribution is -0.605. The van der Waals surface area contributed by atoms with Gasteiger partial charge in [-0.15, -0.1) is 0 Å². The molecule has 0 aliphatic carbocycles. The summed E-state index contributed by atoms with van der Waals surface area (Å²) in [6.45, 7) is -0.594. The maximum atomic E-state index is 14.4. The standard InChI is InChI=1S/C37H34Cl2F3N3O7/c1-49-33-15-24(8-9-31(33)51-36(41)42)32(17-28-29(38)19-44(48)20-30(28)39)50-35(46)25-5-2-4-22(14-25)18-45(27-7-3-6-26(40)16-27)37(47)52-34-21-43-12-10-23(34)11-13-43/h2-9,14-16,19-20,23,32,34,36H,10-13,17-18,21H2,1H3/t32?,34-/m0/s1. The first-order valence-corrected chi connectivity index (χ1v) is 17.2. The zero-order valence-corrected chi connectivity index (χ0v) is 29.4. The molecule has 0 spiro atoms. The third-order valence-corrected chi connectivity index (χ3v) is 9.82. The first-order chi connectivity index (χ1) is 25.0. The molecule has 7 rings (SSSR count). The van der Waals surface area contributed by atoms with E-state index in [0.29, 0.717) is 28.0 Å². The molecule has 52 heavy (non-hydrogen) atoms. The molecule has 3 fully saturated rings. The number of fused-ring (bicyclic) bond motifs is 3. The molecule has 3 aromatic carbocycles. The molecule has 3 aliphatic heterocycles. The predicted octanol–water partition coefficient (Wildman–Crippen LogP) is 7.75. The molecule has 3 saturated heterocycles. The summed E-state index contributed by atoms with van der Waals surface area (Å²) in [5.41, 5.74) is 1.52. The van der Waals surface area contributed by atoms with E-state index in [0.717, 1.165) is 38.3 Å². The van der Waals surface area contributed by atoms with Crippen LogP contribution in [-0.4, -0.2) is 56.4 Å². The summed E-state index contributed by atoms with van der Waals surface area (Å²) in [5, 5.41) is 11.9. The summed E-state index contributed by atoms with van der Waals surface area (Å²) in [7, 11) is 1.27. The van der Waals surface area contributed by atoms with Crippen LogP contribution in [0.3, 0.4) is 0 Å². The van der Waals surface area contributed by atoms with E-state index in [4.69, 9.17) is 37.4 Å². The summed E-state index contributed by atoms with van der Waals surface area (Å²) in [6, 6.07) is 16.0. The number of ether oxygens (including phenoxy) is 4. The number of nitrogens with zero attached hydrogens (tertiary/aromatic N) is 3. The Labute approximate surface area is 307 Å². The lowest BCUT2D eigenvalue weighted by Crippen LogP contribution is -2.53. The van der Waals surface area contributed by atoms with Gasteiger partial charge in [-0.3, -0.25) is 9.80 Å². The molecule has 1 amide bonds. The van der Waals surface area contributed by atoms with E-state index >= 15 is 0 Å². The van der Waals surface area contributed by atoms with E-state index in [-0.39, 0.29) is 57.8 Å². The van der Waals surface area contributed by atoms with Gasteiger partial charge in [0.1, 0.15) is 28.1 Å². The topological polar surface area (TPSA) is 104 Å². The second-order valence-corrected chi connectivity index (χ2v) is 13.3. The molecule has 0 saturated carbocycles. The summed E-state index contributed by atoms with van der Waals surface area (Å²) >= 11 is 12.7. The van der Waals surface area contributed by atoms with Crippen molar-refractivity contribution in [1.82, 2.24) is 4.90 Å². The van der Waals surface area contributed by atoms with Crippen molar-refractivity contribution in [2.75, 3.05) is 31.6 Å². The molecule has 274 valence electrons. The summed E-state index contributed by atoms with van der Waals surface area (Å²) in [5.74, 6) is -1.35. The minimum atomic E-state index is -3.11. The maximum absolute atomic E-state index is 14.4. The smallest absolute Gasteiger partial charge is 0.414 e. The molecule has 3 aliphatic rings. The van der Waals surface area contributed by atoms with Crippen LogP contribution in [0.1, 0.15) is 46.0 Å². The zero-order chi connectivity index (χ0) is 36.9. The van der Waals surface area contributed by atoms with E-state index in [1.54, 1.807) is 18.2 Å². The molecular formula is C37H34Cl2F3N3O7. The number of carbonyl (C=O) groups excluding carboxylic acids is 2. The van der Waals surface area contributed by atoms with Gasteiger partial charge in [0.25, 0.3) is 0 Å². The Morgan fingerprint density at radius 2 is 1.73 bits per heavy atom. The minimum absolute atomic E-state index is 0.0118. The van der Waals surface area contributed by atoms with Gasteiger partial charge >= 0.3 is 18.7 Å². The lowest BCUT2D eigenvalue weighted by atomic mass is 9.86. The zero-order valence-electron chi connectivity index (χ0n) is 27.9. The number of alkyl halides is 2. The normalized spacial score (nSPS) is 18.5. The van der Waals surface area contributed by atoms with Gasteiger partial charge in [0, 0.05) is 18.5 Å². The number of hydrogen-bond donors (Lipinski definition) is 0. The van der Waals surface area contributed by atoms with Crippen molar-refractivity contribution in [2.45, 2.75) is 44.6 Å². The average Bonchev–Trinajstić information content (AvgIpc) is 3.12. The van der Waals surface area contributed by atoms with Crippen molar-refractivity contribution in [3.8, 4) is 11.5 Å². The monoisotopic (exact) mass is 759 g/mol. The van der Waals surface area contributed by atoms with Crippen molar-refractivity contribution in [2.24, 2.45) is 5.92 Å². The highest BCUT2D eigenvalue weighted by atomic mass is 35.5. The molecule has 0 N–H and O–H groups in total. The average molecular weight is 761 g/mol. The van der Waals surface area contributed by atoms with Crippen LogP contribution in [0, 0.1) is 16.9 Å². The summed E-state index contributed by atoms with van der Waals surface area (Å²) in [6.07, 6.45) is 1.92. The van der Waals surface area contributed by atoms with Crippen LogP contribution in [0.15, 0.2) is 79.1 Å². The second kappa shape index (κ2) is 16.3. The molecular weight excluding hydrogens is 726 g/mol. The van der Waals surface area contributed by atoms with Gasteiger partial charge in [-0.25, -0.2) is 14.0 Å². The van der Waals surface area contributed by atoms with Crippen LogP contribution in [0.4, 0.5) is 23.7 Å². The Balaban J connectivity index is 1.26. The van der Waals surface area contributed by atoms with E-state index in [1.165, 1.54) is 60.5 Å². The third kappa shape index (κ3) is 8.83. The Morgan fingerprint density at radius 3 is 2.38 bits per heavy atom. The van der Waals surface area contributed by atoms with Crippen LogP contribution < -0.4 is 19.1 Å². The number of piperidine rings is 3. The molecule has 1 unspecified atom stereocenters. The highest BCUT2D eigenvalue weighted by molar-refractivity contribution is 6.35. The molecule has 0 radical (unpaired) electrons. The third-order valence-electron chi connectivity index (χ3n) is 9.16. The molecule has 4 aromatic rings. The van der Waals surface area contributed by atoms with Crippen LogP contribution >= 0.6 is 23.2 Å². The number of aromatic nitrogens is 1. The predicted molar refractivity (Wildman–Crippen MR) is 185 cm³/mol. The Hall–Kier alpha value is -4.72. The number of hydrogen-bond acceptors (Lipinski definition) is 8. The quantitative estimate of drug-likeness (QED) is 0.0821. The first-order valence-electron chi connectivity index (χ1n) is 16.4. The number of anilines is 1. The number of halogens is 5. The number of esters is 1. The lowest BCUT2D eigenvalue weighted by Gasteiger charge is -2.44. The van der Waals surface area contributed by atoms with E-state index < -0.39 is 30.6 Å². The molecule has 2 bridgehead atoms. The Morgan fingerprint density at radius 1 is 1.00 bits per heavy atom. The SMILES string of the molecule is COc1cc(C(Cc2c(Cl)c[n+]([O-])cc2Cl)OC(=O)c2cccc(CN(C(=O)O[C@H]3CN4CCC3CC4)c3cccc(F)c3)c2)ccc1OC(F)F. The highest BCUT2D eigenvalue weighted by Crippen LogP contribution is 2.36. The number of pyridine rings is 1.